The number of benzene rings is 2. The van der Waals surface area contributed by atoms with Crippen LogP contribution in [0.4, 0.5) is 0 Å². The molecule has 0 saturated carbocycles. The zero-order valence-electron chi connectivity index (χ0n) is 19.7. The zero-order valence-corrected chi connectivity index (χ0v) is 19.7. The van der Waals surface area contributed by atoms with E-state index in [-0.39, 0.29) is 12.5 Å². The van der Waals surface area contributed by atoms with Crippen LogP contribution in [-0.2, 0) is 32.0 Å². The largest absolute Gasteiger partial charge is 0.464 e. The molecule has 0 fully saturated rings. The second-order valence-electron chi connectivity index (χ2n) is 8.19. The summed E-state index contributed by atoms with van der Waals surface area (Å²) in [6, 6.07) is 16.9. The SMILES string of the molecule is CCOC(=O)[C@H](CCCCNC(=O)[C@@H](N)Cc1ccccc1)NC(=O)[C@@H](N)Cc1ccccc1. The van der Waals surface area contributed by atoms with Gasteiger partial charge in [0.2, 0.25) is 11.8 Å². The van der Waals surface area contributed by atoms with Gasteiger partial charge < -0.3 is 26.8 Å². The average molecular weight is 469 g/mol. The second-order valence-corrected chi connectivity index (χ2v) is 8.19. The van der Waals surface area contributed by atoms with Gasteiger partial charge in [0.15, 0.2) is 0 Å². The summed E-state index contributed by atoms with van der Waals surface area (Å²) in [5.41, 5.74) is 14.0. The predicted molar refractivity (Wildman–Crippen MR) is 132 cm³/mol. The van der Waals surface area contributed by atoms with Crippen molar-refractivity contribution in [1.82, 2.24) is 10.6 Å². The lowest BCUT2D eigenvalue weighted by atomic mass is 10.0. The molecule has 2 rings (SSSR count). The van der Waals surface area contributed by atoms with Crippen LogP contribution in [0.5, 0.6) is 0 Å². The van der Waals surface area contributed by atoms with Gasteiger partial charge in [-0.05, 0) is 50.2 Å². The highest BCUT2D eigenvalue weighted by Gasteiger charge is 2.24. The number of hydrogen-bond acceptors (Lipinski definition) is 6. The number of nitrogens with two attached hydrogens (primary N) is 2. The van der Waals surface area contributed by atoms with Gasteiger partial charge in [0.05, 0.1) is 18.7 Å². The van der Waals surface area contributed by atoms with Crippen molar-refractivity contribution in [3.63, 3.8) is 0 Å². The smallest absolute Gasteiger partial charge is 0.328 e. The number of esters is 1. The van der Waals surface area contributed by atoms with E-state index in [4.69, 9.17) is 16.2 Å². The quantitative estimate of drug-likeness (QED) is 0.245. The zero-order chi connectivity index (χ0) is 24.8. The third-order valence-electron chi connectivity index (χ3n) is 5.38. The predicted octanol–water partition coefficient (Wildman–Crippen LogP) is 1.46. The van der Waals surface area contributed by atoms with E-state index in [1.54, 1.807) is 6.92 Å². The lowest BCUT2D eigenvalue weighted by Gasteiger charge is -2.20. The summed E-state index contributed by atoms with van der Waals surface area (Å²) < 4.78 is 5.11. The Hall–Kier alpha value is -3.23. The summed E-state index contributed by atoms with van der Waals surface area (Å²) in [7, 11) is 0. The van der Waals surface area contributed by atoms with Crippen molar-refractivity contribution in [2.45, 2.75) is 57.2 Å². The van der Waals surface area contributed by atoms with Gasteiger partial charge in [-0.1, -0.05) is 60.7 Å². The molecule has 6 N–H and O–H groups in total. The maximum atomic E-state index is 12.6. The normalized spacial score (nSPS) is 13.4. The fourth-order valence-corrected chi connectivity index (χ4v) is 3.51. The molecule has 2 aromatic carbocycles. The monoisotopic (exact) mass is 468 g/mol. The van der Waals surface area contributed by atoms with E-state index in [0.29, 0.717) is 38.6 Å². The molecule has 0 aliphatic rings. The molecular weight excluding hydrogens is 432 g/mol. The minimum Gasteiger partial charge on any atom is -0.464 e. The molecular formula is C26H36N4O4. The number of rotatable bonds is 14. The Bertz CT molecular complexity index is 892. The van der Waals surface area contributed by atoms with Gasteiger partial charge in [0, 0.05) is 6.54 Å². The van der Waals surface area contributed by atoms with Gasteiger partial charge >= 0.3 is 5.97 Å². The van der Waals surface area contributed by atoms with Gasteiger partial charge in [0.25, 0.3) is 0 Å². The maximum absolute atomic E-state index is 12.6. The van der Waals surface area contributed by atoms with Crippen LogP contribution >= 0.6 is 0 Å². The fraction of sp³-hybridized carbons (Fsp3) is 0.423. The molecule has 0 spiro atoms. The lowest BCUT2D eigenvalue weighted by Crippen LogP contribution is -2.49. The summed E-state index contributed by atoms with van der Waals surface area (Å²) in [5.74, 6) is -1.11. The van der Waals surface area contributed by atoms with Gasteiger partial charge in [-0.3, -0.25) is 9.59 Å². The summed E-state index contributed by atoms with van der Waals surface area (Å²) in [5, 5.41) is 5.55. The van der Waals surface area contributed by atoms with Crippen molar-refractivity contribution in [3.8, 4) is 0 Å². The first-order valence-electron chi connectivity index (χ1n) is 11.7. The second kappa shape index (κ2) is 14.8. The molecule has 8 heteroatoms. The summed E-state index contributed by atoms with van der Waals surface area (Å²) in [6.07, 6.45) is 2.45. The van der Waals surface area contributed by atoms with Gasteiger partial charge in [-0.25, -0.2) is 4.79 Å². The molecule has 0 aliphatic carbocycles. The van der Waals surface area contributed by atoms with E-state index in [0.717, 1.165) is 11.1 Å². The average Bonchev–Trinajstić information content (AvgIpc) is 2.84. The number of hydrogen-bond donors (Lipinski definition) is 4. The van der Waals surface area contributed by atoms with Gasteiger partial charge in [0.1, 0.15) is 6.04 Å². The van der Waals surface area contributed by atoms with Crippen molar-refractivity contribution < 1.29 is 19.1 Å². The van der Waals surface area contributed by atoms with Crippen molar-refractivity contribution in [3.05, 3.63) is 71.8 Å². The van der Waals surface area contributed by atoms with E-state index in [2.05, 4.69) is 10.6 Å². The Morgan fingerprint density at radius 2 is 1.35 bits per heavy atom. The molecule has 8 nitrogen and oxygen atoms in total. The molecule has 0 unspecified atom stereocenters. The van der Waals surface area contributed by atoms with E-state index in [1.807, 2.05) is 60.7 Å². The lowest BCUT2D eigenvalue weighted by molar-refractivity contribution is -0.147. The molecule has 0 aliphatic heterocycles. The number of amides is 2. The van der Waals surface area contributed by atoms with E-state index >= 15 is 0 Å². The number of unbranched alkanes of at least 4 members (excludes halogenated alkanes) is 1. The summed E-state index contributed by atoms with van der Waals surface area (Å²) in [4.78, 5) is 37.1. The van der Waals surface area contributed by atoms with Crippen molar-refractivity contribution >= 4 is 17.8 Å². The van der Waals surface area contributed by atoms with Crippen molar-refractivity contribution in [2.75, 3.05) is 13.2 Å². The molecule has 0 bridgehead atoms. The Morgan fingerprint density at radius 3 is 1.88 bits per heavy atom. The molecule has 0 aromatic heterocycles. The van der Waals surface area contributed by atoms with Crippen LogP contribution in [0.3, 0.4) is 0 Å². The first-order valence-corrected chi connectivity index (χ1v) is 11.7. The van der Waals surface area contributed by atoms with Crippen LogP contribution in [-0.4, -0.2) is 49.1 Å². The highest BCUT2D eigenvalue weighted by atomic mass is 16.5. The van der Waals surface area contributed by atoms with E-state index < -0.39 is 30.0 Å². The Balaban J connectivity index is 1.75. The molecule has 34 heavy (non-hydrogen) atoms. The van der Waals surface area contributed by atoms with E-state index in [1.165, 1.54) is 0 Å². The summed E-state index contributed by atoms with van der Waals surface area (Å²) in [6.45, 7) is 2.36. The topological polar surface area (TPSA) is 137 Å². The van der Waals surface area contributed by atoms with Crippen LogP contribution in [0.2, 0.25) is 0 Å². The van der Waals surface area contributed by atoms with Crippen LogP contribution in [0.15, 0.2) is 60.7 Å². The van der Waals surface area contributed by atoms with Crippen LogP contribution in [0.25, 0.3) is 0 Å². The highest BCUT2D eigenvalue weighted by Crippen LogP contribution is 2.07. The molecule has 0 saturated heterocycles. The third kappa shape index (κ3) is 9.72. The number of carbonyl (C=O) groups is 3. The molecule has 0 heterocycles. The molecule has 2 aromatic rings. The highest BCUT2D eigenvalue weighted by molar-refractivity contribution is 5.87. The van der Waals surface area contributed by atoms with Gasteiger partial charge in [-0.15, -0.1) is 0 Å². The number of ether oxygens (including phenoxy) is 1. The summed E-state index contributed by atoms with van der Waals surface area (Å²) >= 11 is 0. The van der Waals surface area contributed by atoms with Crippen LogP contribution in [0.1, 0.15) is 37.3 Å². The Kier molecular flexibility index (Phi) is 11.8. The molecule has 184 valence electrons. The molecule has 0 radical (unpaired) electrons. The Morgan fingerprint density at radius 1 is 0.824 bits per heavy atom. The number of nitrogens with one attached hydrogen (secondary N) is 2. The number of carbonyl (C=O) groups excluding carboxylic acids is 3. The van der Waals surface area contributed by atoms with Gasteiger partial charge in [-0.2, -0.15) is 0 Å². The third-order valence-corrected chi connectivity index (χ3v) is 5.38. The minimum absolute atomic E-state index is 0.217. The fourth-order valence-electron chi connectivity index (χ4n) is 3.51. The minimum atomic E-state index is -0.787. The first-order chi connectivity index (χ1) is 16.4. The first kappa shape index (κ1) is 27.0. The Labute approximate surface area is 201 Å². The molecule has 2 amide bonds. The van der Waals surface area contributed by atoms with Crippen LogP contribution < -0.4 is 22.1 Å². The van der Waals surface area contributed by atoms with Crippen molar-refractivity contribution in [1.29, 1.82) is 0 Å². The standard InChI is InChI=1S/C26H36N4O4/c1-2-34-26(33)23(30-25(32)22(28)18-20-13-7-4-8-14-20)15-9-10-16-29-24(31)21(27)17-19-11-5-3-6-12-19/h3-8,11-14,21-23H,2,9-10,15-18,27-28H2,1H3,(H,29,31)(H,30,32)/t21-,22-,23-/m0/s1. The maximum Gasteiger partial charge on any atom is 0.328 e. The molecule has 3 atom stereocenters. The van der Waals surface area contributed by atoms with E-state index in [9.17, 15) is 14.4 Å². The van der Waals surface area contributed by atoms with Crippen molar-refractivity contribution in [2.24, 2.45) is 11.5 Å². The van der Waals surface area contributed by atoms with Crippen LogP contribution in [0, 0.1) is 0 Å².